The minimum absolute atomic E-state index is 0.108. The van der Waals surface area contributed by atoms with Gasteiger partial charge in [-0.25, -0.2) is 19.2 Å². The van der Waals surface area contributed by atoms with E-state index >= 15 is 0 Å². The van der Waals surface area contributed by atoms with E-state index in [4.69, 9.17) is 0 Å². The monoisotopic (exact) mass is 414 g/mol. The van der Waals surface area contributed by atoms with Crippen molar-refractivity contribution in [3.8, 4) is 10.6 Å². The largest absolute Gasteiger partial charge is 0.464 e. The number of carbonyl (C=O) groups excluding carboxylic acids is 1. The van der Waals surface area contributed by atoms with Crippen molar-refractivity contribution >= 4 is 28.7 Å². The second kappa shape index (κ2) is 8.78. The topological polar surface area (TPSA) is 95.4 Å². The lowest BCUT2D eigenvalue weighted by Gasteiger charge is -2.26. The zero-order chi connectivity index (χ0) is 21.0. The highest BCUT2D eigenvalue weighted by Crippen LogP contribution is 2.32. The molecule has 7 nitrogen and oxygen atoms in total. The molecule has 0 radical (unpaired) electrons. The summed E-state index contributed by atoms with van der Waals surface area (Å²) in [6.45, 7) is 3.63. The SMILES string of the molecule is Cc1cc(-c2nc(C)c(NN(C(=O)O)[C@H](C=O)Cc3ccc(F)cc3)s2)ccn1. The molecule has 0 unspecified atom stereocenters. The fourth-order valence-electron chi connectivity index (χ4n) is 2.75. The molecule has 1 atom stereocenters. The summed E-state index contributed by atoms with van der Waals surface area (Å²) in [5, 5.41) is 11.7. The molecular formula is C20H19FN4O3S. The van der Waals surface area contributed by atoms with Gasteiger partial charge in [-0.05, 0) is 43.7 Å². The highest BCUT2D eigenvalue weighted by molar-refractivity contribution is 7.19. The third kappa shape index (κ3) is 4.94. The van der Waals surface area contributed by atoms with Crippen molar-refractivity contribution in [2.45, 2.75) is 26.3 Å². The molecule has 0 spiro atoms. The van der Waals surface area contributed by atoms with Crippen molar-refractivity contribution in [2.24, 2.45) is 0 Å². The van der Waals surface area contributed by atoms with Crippen LogP contribution in [0.1, 0.15) is 17.0 Å². The van der Waals surface area contributed by atoms with E-state index in [1.165, 1.54) is 35.6 Å². The van der Waals surface area contributed by atoms with Crippen LogP contribution in [-0.2, 0) is 11.2 Å². The Kier molecular flexibility index (Phi) is 6.18. The van der Waals surface area contributed by atoms with Crippen LogP contribution in [0.4, 0.5) is 14.2 Å². The number of thiazole rings is 1. The average molecular weight is 414 g/mol. The number of hydrogen-bond acceptors (Lipinski definition) is 6. The summed E-state index contributed by atoms with van der Waals surface area (Å²) in [7, 11) is 0. The van der Waals surface area contributed by atoms with Gasteiger partial charge in [0.05, 0.1) is 5.69 Å². The van der Waals surface area contributed by atoms with E-state index in [0.29, 0.717) is 27.6 Å². The smallest absolute Gasteiger partial charge is 0.426 e. The number of carbonyl (C=O) groups is 2. The predicted molar refractivity (Wildman–Crippen MR) is 108 cm³/mol. The van der Waals surface area contributed by atoms with E-state index < -0.39 is 18.0 Å². The second-order valence-corrected chi connectivity index (χ2v) is 7.42. The number of hydrazine groups is 1. The summed E-state index contributed by atoms with van der Waals surface area (Å²) in [6, 6.07) is 8.30. The number of hydrogen-bond donors (Lipinski definition) is 2. The number of nitrogens with zero attached hydrogens (tertiary/aromatic N) is 3. The predicted octanol–water partition coefficient (Wildman–Crippen LogP) is 4.08. The average Bonchev–Trinajstić information content (AvgIpc) is 3.06. The number of rotatable bonds is 7. The number of benzene rings is 1. The molecule has 0 saturated carbocycles. The summed E-state index contributed by atoms with van der Waals surface area (Å²) < 4.78 is 13.1. The number of nitrogens with one attached hydrogen (secondary N) is 1. The van der Waals surface area contributed by atoms with Crippen molar-refractivity contribution in [1.82, 2.24) is 15.0 Å². The van der Waals surface area contributed by atoms with Gasteiger partial charge in [0.25, 0.3) is 0 Å². The van der Waals surface area contributed by atoms with Gasteiger partial charge < -0.3 is 9.90 Å². The number of anilines is 1. The lowest BCUT2D eigenvalue weighted by Crippen LogP contribution is -2.45. The molecule has 0 bridgehead atoms. The first kappa shape index (κ1) is 20.4. The molecule has 0 fully saturated rings. The summed E-state index contributed by atoms with van der Waals surface area (Å²) in [4.78, 5) is 32.1. The minimum atomic E-state index is -1.31. The van der Waals surface area contributed by atoms with Crippen LogP contribution in [0.3, 0.4) is 0 Å². The summed E-state index contributed by atoms with van der Waals surface area (Å²) in [6.07, 6.45) is 1.03. The molecule has 0 aliphatic carbocycles. The highest BCUT2D eigenvalue weighted by Gasteiger charge is 2.25. The van der Waals surface area contributed by atoms with Crippen LogP contribution < -0.4 is 5.43 Å². The van der Waals surface area contributed by atoms with Crippen LogP contribution >= 0.6 is 11.3 Å². The molecule has 1 aromatic carbocycles. The molecule has 1 amide bonds. The van der Waals surface area contributed by atoms with Crippen molar-refractivity contribution in [3.05, 3.63) is 65.4 Å². The molecule has 2 heterocycles. The molecule has 0 aliphatic rings. The Balaban J connectivity index is 1.83. The van der Waals surface area contributed by atoms with E-state index in [2.05, 4.69) is 15.4 Å². The summed E-state index contributed by atoms with van der Waals surface area (Å²) >= 11 is 1.28. The van der Waals surface area contributed by atoms with Crippen LogP contribution in [0.5, 0.6) is 0 Å². The van der Waals surface area contributed by atoms with E-state index in [1.54, 1.807) is 13.1 Å². The van der Waals surface area contributed by atoms with Crippen molar-refractivity contribution in [2.75, 3.05) is 5.43 Å². The summed E-state index contributed by atoms with van der Waals surface area (Å²) in [5.74, 6) is -0.399. The number of aryl methyl sites for hydroxylation is 2. The number of carboxylic acid groups (broad SMARTS) is 1. The van der Waals surface area contributed by atoms with Gasteiger partial charge in [-0.15, -0.1) is 0 Å². The van der Waals surface area contributed by atoms with Crippen LogP contribution in [0, 0.1) is 19.7 Å². The Hall–Kier alpha value is -3.33. The molecule has 29 heavy (non-hydrogen) atoms. The first-order chi connectivity index (χ1) is 13.9. The third-order valence-corrected chi connectivity index (χ3v) is 5.33. The molecule has 3 aromatic rings. The van der Waals surface area contributed by atoms with Gasteiger partial charge in [0.2, 0.25) is 0 Å². The third-order valence-electron chi connectivity index (χ3n) is 4.22. The van der Waals surface area contributed by atoms with E-state index in [-0.39, 0.29) is 6.42 Å². The lowest BCUT2D eigenvalue weighted by molar-refractivity contribution is -0.111. The van der Waals surface area contributed by atoms with Crippen LogP contribution in [-0.4, -0.2) is 38.5 Å². The molecule has 9 heteroatoms. The van der Waals surface area contributed by atoms with Crippen LogP contribution in [0.15, 0.2) is 42.6 Å². The van der Waals surface area contributed by atoms with Gasteiger partial charge in [0.15, 0.2) is 0 Å². The number of amides is 1. The van der Waals surface area contributed by atoms with Gasteiger partial charge >= 0.3 is 6.09 Å². The van der Waals surface area contributed by atoms with Crippen molar-refractivity contribution in [1.29, 1.82) is 0 Å². The Morgan fingerprint density at radius 2 is 2.03 bits per heavy atom. The molecular weight excluding hydrogens is 395 g/mol. The van der Waals surface area contributed by atoms with E-state index in [1.807, 2.05) is 19.1 Å². The second-order valence-electron chi connectivity index (χ2n) is 6.42. The normalized spacial score (nSPS) is 11.7. The van der Waals surface area contributed by atoms with Crippen molar-refractivity contribution in [3.63, 3.8) is 0 Å². The lowest BCUT2D eigenvalue weighted by atomic mass is 10.1. The minimum Gasteiger partial charge on any atom is -0.464 e. The Labute approximate surface area is 170 Å². The first-order valence-electron chi connectivity index (χ1n) is 8.76. The fourth-order valence-corrected chi connectivity index (χ4v) is 3.70. The first-order valence-corrected chi connectivity index (χ1v) is 9.58. The summed E-state index contributed by atoms with van der Waals surface area (Å²) in [5.41, 5.74) is 5.77. The van der Waals surface area contributed by atoms with Gasteiger partial charge in [0, 0.05) is 23.9 Å². The van der Waals surface area contributed by atoms with E-state index in [9.17, 15) is 19.1 Å². The van der Waals surface area contributed by atoms with Gasteiger partial charge in [-0.1, -0.05) is 23.5 Å². The fraction of sp³-hybridized carbons (Fsp3) is 0.200. The number of aromatic nitrogens is 2. The Morgan fingerprint density at radius 1 is 1.31 bits per heavy atom. The molecule has 2 aromatic heterocycles. The molecule has 3 rings (SSSR count). The number of pyridine rings is 1. The number of aldehydes is 1. The zero-order valence-electron chi connectivity index (χ0n) is 15.8. The quantitative estimate of drug-likeness (QED) is 0.447. The zero-order valence-corrected chi connectivity index (χ0v) is 16.6. The van der Waals surface area contributed by atoms with Crippen LogP contribution in [0.2, 0.25) is 0 Å². The Morgan fingerprint density at radius 3 is 2.66 bits per heavy atom. The van der Waals surface area contributed by atoms with E-state index in [0.717, 1.165) is 16.3 Å². The maximum absolute atomic E-state index is 13.1. The van der Waals surface area contributed by atoms with Gasteiger partial charge in [-0.2, -0.15) is 0 Å². The molecule has 0 aliphatic heterocycles. The molecule has 150 valence electrons. The van der Waals surface area contributed by atoms with Crippen LogP contribution in [0.25, 0.3) is 10.6 Å². The standard InChI is InChI=1S/C20H19FN4O3S/c1-12-9-15(7-8-22-12)19-23-13(2)18(29-19)24-25(20(27)28)17(11-26)10-14-3-5-16(21)6-4-14/h3-9,11,17,24H,10H2,1-2H3,(H,27,28)/t17-/m0/s1. The number of halogens is 1. The van der Waals surface area contributed by atoms with Gasteiger partial charge in [0.1, 0.15) is 28.2 Å². The van der Waals surface area contributed by atoms with Gasteiger partial charge in [-0.3, -0.25) is 10.4 Å². The maximum atomic E-state index is 13.1. The van der Waals surface area contributed by atoms with Crippen molar-refractivity contribution < 1.29 is 19.1 Å². The molecule has 2 N–H and O–H groups in total. The highest BCUT2D eigenvalue weighted by atomic mass is 32.1. The molecule has 0 saturated heterocycles. The Bertz CT molecular complexity index is 1020. The maximum Gasteiger partial charge on any atom is 0.426 e.